The second kappa shape index (κ2) is 8.21. The second-order valence-electron chi connectivity index (χ2n) is 5.50. The van der Waals surface area contributed by atoms with Gasteiger partial charge in [0.05, 0.1) is 6.61 Å². The zero-order valence-electron chi connectivity index (χ0n) is 13.0. The standard InChI is InChI=1S/C17H28O2/c1-6-15(7-2)16-8-10-17(11-9-16)19-14(5)18-12-13(3)4/h8-11,13-15H,6-7,12H2,1-5H3. The fourth-order valence-corrected chi connectivity index (χ4v) is 2.13. The van der Waals surface area contributed by atoms with E-state index < -0.39 is 0 Å². The van der Waals surface area contributed by atoms with Gasteiger partial charge < -0.3 is 9.47 Å². The molecule has 108 valence electrons. The van der Waals surface area contributed by atoms with Crippen molar-refractivity contribution in [2.24, 2.45) is 5.92 Å². The molecule has 0 heterocycles. The van der Waals surface area contributed by atoms with E-state index in [9.17, 15) is 0 Å². The van der Waals surface area contributed by atoms with Gasteiger partial charge in [0.25, 0.3) is 0 Å². The van der Waals surface area contributed by atoms with E-state index in [-0.39, 0.29) is 6.29 Å². The molecule has 0 aliphatic carbocycles. The lowest BCUT2D eigenvalue weighted by molar-refractivity contribution is -0.0755. The van der Waals surface area contributed by atoms with Gasteiger partial charge in [-0.1, -0.05) is 39.8 Å². The van der Waals surface area contributed by atoms with E-state index in [1.54, 1.807) is 0 Å². The predicted molar refractivity (Wildman–Crippen MR) is 80.6 cm³/mol. The molecule has 0 saturated heterocycles. The van der Waals surface area contributed by atoms with E-state index >= 15 is 0 Å². The average Bonchev–Trinajstić information content (AvgIpc) is 2.40. The summed E-state index contributed by atoms with van der Waals surface area (Å²) in [6.07, 6.45) is 2.18. The molecule has 0 spiro atoms. The van der Waals surface area contributed by atoms with Crippen LogP contribution < -0.4 is 4.74 Å². The van der Waals surface area contributed by atoms with Crippen molar-refractivity contribution < 1.29 is 9.47 Å². The van der Waals surface area contributed by atoms with Crippen LogP contribution in [0.25, 0.3) is 0 Å². The van der Waals surface area contributed by atoms with Crippen LogP contribution in [0.5, 0.6) is 5.75 Å². The summed E-state index contributed by atoms with van der Waals surface area (Å²) in [5, 5.41) is 0. The van der Waals surface area contributed by atoms with Crippen molar-refractivity contribution in [2.75, 3.05) is 6.61 Å². The Morgan fingerprint density at radius 1 is 0.947 bits per heavy atom. The molecule has 0 radical (unpaired) electrons. The Morgan fingerprint density at radius 3 is 2.00 bits per heavy atom. The van der Waals surface area contributed by atoms with Crippen LogP contribution in [0.1, 0.15) is 58.9 Å². The smallest absolute Gasteiger partial charge is 0.196 e. The van der Waals surface area contributed by atoms with Gasteiger partial charge in [0.2, 0.25) is 0 Å². The summed E-state index contributed by atoms with van der Waals surface area (Å²) in [7, 11) is 0. The molecule has 0 amide bonds. The van der Waals surface area contributed by atoms with Gasteiger partial charge in [-0.3, -0.25) is 0 Å². The highest BCUT2D eigenvalue weighted by Gasteiger charge is 2.08. The first-order valence-corrected chi connectivity index (χ1v) is 7.45. The normalized spacial score (nSPS) is 13.0. The summed E-state index contributed by atoms with van der Waals surface area (Å²) in [5.74, 6) is 2.07. The van der Waals surface area contributed by atoms with E-state index in [0.717, 1.165) is 12.4 Å². The largest absolute Gasteiger partial charge is 0.465 e. The number of hydrogen-bond donors (Lipinski definition) is 0. The Labute approximate surface area is 118 Å². The van der Waals surface area contributed by atoms with Crippen molar-refractivity contribution in [1.82, 2.24) is 0 Å². The van der Waals surface area contributed by atoms with Crippen LogP contribution in [0.15, 0.2) is 24.3 Å². The topological polar surface area (TPSA) is 18.5 Å². The molecule has 0 aromatic heterocycles. The van der Waals surface area contributed by atoms with Gasteiger partial charge >= 0.3 is 0 Å². The highest BCUT2D eigenvalue weighted by molar-refractivity contribution is 5.29. The molecule has 1 atom stereocenters. The van der Waals surface area contributed by atoms with Gasteiger partial charge in [-0.05, 0) is 49.3 Å². The highest BCUT2D eigenvalue weighted by atomic mass is 16.7. The Kier molecular flexibility index (Phi) is 6.93. The first kappa shape index (κ1) is 16.0. The molecular formula is C17H28O2. The SMILES string of the molecule is CCC(CC)c1ccc(OC(C)OCC(C)C)cc1. The first-order chi connectivity index (χ1) is 9.06. The fraction of sp³-hybridized carbons (Fsp3) is 0.647. The summed E-state index contributed by atoms with van der Waals surface area (Å²) in [5.41, 5.74) is 1.40. The average molecular weight is 264 g/mol. The van der Waals surface area contributed by atoms with E-state index in [2.05, 4.69) is 39.8 Å². The number of hydrogen-bond acceptors (Lipinski definition) is 2. The third-order valence-corrected chi connectivity index (χ3v) is 3.30. The van der Waals surface area contributed by atoms with Gasteiger partial charge in [-0.2, -0.15) is 0 Å². The van der Waals surface area contributed by atoms with Gasteiger partial charge in [-0.25, -0.2) is 0 Å². The lowest BCUT2D eigenvalue weighted by atomic mass is 9.94. The van der Waals surface area contributed by atoms with E-state index in [4.69, 9.17) is 9.47 Å². The third kappa shape index (κ3) is 5.65. The van der Waals surface area contributed by atoms with Crippen molar-refractivity contribution in [3.05, 3.63) is 29.8 Å². The lowest BCUT2D eigenvalue weighted by Crippen LogP contribution is -2.19. The molecule has 1 unspecified atom stereocenters. The molecule has 1 aromatic carbocycles. The van der Waals surface area contributed by atoms with Crippen LogP contribution in [-0.4, -0.2) is 12.9 Å². The molecule has 0 N–H and O–H groups in total. The molecule has 0 fully saturated rings. The second-order valence-corrected chi connectivity index (χ2v) is 5.50. The summed E-state index contributed by atoms with van der Waals surface area (Å²) in [6, 6.07) is 8.43. The molecule has 2 nitrogen and oxygen atoms in total. The Hall–Kier alpha value is -1.02. The van der Waals surface area contributed by atoms with Crippen LogP contribution in [0.2, 0.25) is 0 Å². The fourth-order valence-electron chi connectivity index (χ4n) is 2.13. The minimum absolute atomic E-state index is 0.193. The van der Waals surface area contributed by atoms with Crippen molar-refractivity contribution >= 4 is 0 Å². The molecule has 1 rings (SSSR count). The monoisotopic (exact) mass is 264 g/mol. The molecule has 2 heteroatoms. The van der Waals surface area contributed by atoms with Crippen molar-refractivity contribution in [3.8, 4) is 5.75 Å². The molecular weight excluding hydrogens is 236 g/mol. The first-order valence-electron chi connectivity index (χ1n) is 7.45. The maximum Gasteiger partial charge on any atom is 0.196 e. The Balaban J connectivity index is 2.52. The van der Waals surface area contributed by atoms with E-state index in [0.29, 0.717) is 11.8 Å². The molecule has 1 aromatic rings. The molecule has 0 aliphatic rings. The number of benzene rings is 1. The van der Waals surface area contributed by atoms with Crippen molar-refractivity contribution in [3.63, 3.8) is 0 Å². The van der Waals surface area contributed by atoms with Crippen LogP contribution in [-0.2, 0) is 4.74 Å². The van der Waals surface area contributed by atoms with Crippen LogP contribution >= 0.6 is 0 Å². The van der Waals surface area contributed by atoms with E-state index in [1.807, 2.05) is 19.1 Å². The maximum absolute atomic E-state index is 5.74. The van der Waals surface area contributed by atoms with Crippen molar-refractivity contribution in [1.29, 1.82) is 0 Å². The molecule has 0 saturated carbocycles. The zero-order valence-corrected chi connectivity index (χ0v) is 13.0. The maximum atomic E-state index is 5.74. The van der Waals surface area contributed by atoms with Gasteiger partial charge in [0, 0.05) is 0 Å². The summed E-state index contributed by atoms with van der Waals surface area (Å²) < 4.78 is 11.3. The summed E-state index contributed by atoms with van der Waals surface area (Å²) >= 11 is 0. The zero-order chi connectivity index (χ0) is 14.3. The van der Waals surface area contributed by atoms with E-state index in [1.165, 1.54) is 18.4 Å². The number of ether oxygens (including phenoxy) is 2. The highest BCUT2D eigenvalue weighted by Crippen LogP contribution is 2.25. The van der Waals surface area contributed by atoms with Crippen LogP contribution in [0.3, 0.4) is 0 Å². The summed E-state index contributed by atoms with van der Waals surface area (Å²) in [4.78, 5) is 0. The van der Waals surface area contributed by atoms with Crippen molar-refractivity contribution in [2.45, 2.75) is 59.7 Å². The Morgan fingerprint density at radius 2 is 1.53 bits per heavy atom. The molecule has 19 heavy (non-hydrogen) atoms. The third-order valence-electron chi connectivity index (χ3n) is 3.30. The predicted octanol–water partition coefficient (Wildman–Crippen LogP) is 4.99. The minimum atomic E-state index is -0.193. The number of rotatable bonds is 8. The lowest BCUT2D eigenvalue weighted by Gasteiger charge is -2.18. The van der Waals surface area contributed by atoms with Gasteiger partial charge in [0.1, 0.15) is 5.75 Å². The van der Waals surface area contributed by atoms with Gasteiger partial charge in [0.15, 0.2) is 6.29 Å². The minimum Gasteiger partial charge on any atom is -0.465 e. The summed E-state index contributed by atoms with van der Waals surface area (Å²) in [6.45, 7) is 11.4. The quantitative estimate of drug-likeness (QED) is 0.616. The van der Waals surface area contributed by atoms with Crippen LogP contribution in [0, 0.1) is 5.92 Å². The van der Waals surface area contributed by atoms with Crippen LogP contribution in [0.4, 0.5) is 0 Å². The van der Waals surface area contributed by atoms with Gasteiger partial charge in [-0.15, -0.1) is 0 Å². The molecule has 0 bridgehead atoms. The Bertz CT molecular complexity index is 339. The molecule has 0 aliphatic heterocycles.